The third-order valence-electron chi connectivity index (χ3n) is 3.25. The zero-order valence-electron chi connectivity index (χ0n) is 11.0. The Bertz CT molecular complexity index is 498. The molecule has 0 heterocycles. The minimum atomic E-state index is -1.08. The molecule has 0 aliphatic carbocycles. The fourth-order valence-corrected chi connectivity index (χ4v) is 2.76. The van der Waals surface area contributed by atoms with Gasteiger partial charge in [0.05, 0.1) is 0 Å². The second-order valence-electron chi connectivity index (χ2n) is 4.62. The molecule has 19 heavy (non-hydrogen) atoms. The molecule has 0 aliphatic rings. The number of hydrogen-bond acceptors (Lipinski definition) is 2. The van der Waals surface area contributed by atoms with Crippen LogP contribution in [0.1, 0.15) is 17.5 Å². The molecule has 0 fully saturated rings. The van der Waals surface area contributed by atoms with E-state index in [9.17, 15) is 9.32 Å². The first kappa shape index (κ1) is 14.0. The van der Waals surface area contributed by atoms with Gasteiger partial charge in [0.1, 0.15) is 5.60 Å². The first-order chi connectivity index (χ1) is 9.13. The average molecular weight is 274 g/mol. The van der Waals surface area contributed by atoms with Crippen molar-refractivity contribution in [1.29, 1.82) is 0 Å². The van der Waals surface area contributed by atoms with Crippen molar-refractivity contribution in [2.45, 2.75) is 12.0 Å². The fraction of sp³-hybridized carbons (Fsp3) is 0.250. The van der Waals surface area contributed by atoms with Crippen molar-refractivity contribution in [3.05, 3.63) is 71.8 Å². The summed E-state index contributed by atoms with van der Waals surface area (Å²) in [5.41, 5.74) is 0.604. The van der Waals surface area contributed by atoms with Crippen LogP contribution in [0.2, 0.25) is 0 Å². The van der Waals surface area contributed by atoms with Gasteiger partial charge in [0.2, 0.25) is 0 Å². The van der Waals surface area contributed by atoms with Gasteiger partial charge in [-0.3, -0.25) is 4.21 Å². The summed E-state index contributed by atoms with van der Waals surface area (Å²) in [7, 11) is -0.920. The van der Waals surface area contributed by atoms with Crippen molar-refractivity contribution in [2.24, 2.45) is 0 Å². The van der Waals surface area contributed by atoms with Crippen LogP contribution in [0.25, 0.3) is 0 Å². The summed E-state index contributed by atoms with van der Waals surface area (Å²) in [6.07, 6.45) is 2.11. The lowest BCUT2D eigenvalue weighted by Gasteiger charge is -2.29. The van der Waals surface area contributed by atoms with Crippen molar-refractivity contribution in [3.8, 4) is 0 Å². The minimum Gasteiger partial charge on any atom is -0.380 e. The zero-order chi connectivity index (χ0) is 13.7. The van der Waals surface area contributed by atoms with E-state index in [0.29, 0.717) is 12.2 Å². The number of hydrogen-bond donors (Lipinski definition) is 1. The van der Waals surface area contributed by atoms with Crippen LogP contribution in [-0.4, -0.2) is 21.3 Å². The first-order valence-corrected chi connectivity index (χ1v) is 7.99. The summed E-state index contributed by atoms with van der Waals surface area (Å²) < 4.78 is 11.4. The highest BCUT2D eigenvalue weighted by Gasteiger charge is 2.31. The number of aliphatic hydroxyl groups is 1. The molecular weight excluding hydrogens is 256 g/mol. The van der Waals surface area contributed by atoms with E-state index in [0.717, 1.165) is 11.1 Å². The van der Waals surface area contributed by atoms with Crippen LogP contribution in [0.4, 0.5) is 0 Å². The Labute approximate surface area is 116 Å². The lowest BCUT2D eigenvalue weighted by atomic mass is 9.84. The Balaban J connectivity index is 2.41. The quantitative estimate of drug-likeness (QED) is 0.910. The molecule has 2 aromatic carbocycles. The van der Waals surface area contributed by atoms with E-state index in [4.69, 9.17) is 0 Å². The summed E-state index contributed by atoms with van der Waals surface area (Å²) in [6.45, 7) is 0. The summed E-state index contributed by atoms with van der Waals surface area (Å²) in [5.74, 6) is 0.473. The second-order valence-corrected chi connectivity index (χ2v) is 6.17. The zero-order valence-corrected chi connectivity index (χ0v) is 11.8. The van der Waals surface area contributed by atoms with E-state index >= 15 is 0 Å². The number of rotatable bonds is 5. The molecule has 0 saturated carbocycles. The third-order valence-corrected chi connectivity index (χ3v) is 4.03. The van der Waals surface area contributed by atoms with Crippen molar-refractivity contribution in [2.75, 3.05) is 12.0 Å². The largest absolute Gasteiger partial charge is 0.380 e. The van der Waals surface area contributed by atoms with E-state index in [2.05, 4.69) is 0 Å². The normalized spacial score (nSPS) is 13.2. The maximum Gasteiger partial charge on any atom is 0.115 e. The minimum absolute atomic E-state index is 0.449. The Morgan fingerprint density at radius 1 is 0.947 bits per heavy atom. The van der Waals surface area contributed by atoms with Crippen molar-refractivity contribution in [3.63, 3.8) is 0 Å². The van der Waals surface area contributed by atoms with E-state index in [1.807, 2.05) is 60.7 Å². The van der Waals surface area contributed by atoms with Gasteiger partial charge in [-0.1, -0.05) is 60.7 Å². The lowest BCUT2D eigenvalue weighted by Crippen LogP contribution is -2.29. The molecule has 1 atom stereocenters. The van der Waals surface area contributed by atoms with Gasteiger partial charge in [0.15, 0.2) is 0 Å². The van der Waals surface area contributed by atoms with Crippen LogP contribution in [0, 0.1) is 0 Å². The van der Waals surface area contributed by atoms with Crippen LogP contribution >= 0.6 is 0 Å². The van der Waals surface area contributed by atoms with E-state index in [-0.39, 0.29) is 0 Å². The predicted molar refractivity (Wildman–Crippen MR) is 79.4 cm³/mol. The Kier molecular flexibility index (Phi) is 4.51. The lowest BCUT2D eigenvalue weighted by molar-refractivity contribution is 0.0776. The van der Waals surface area contributed by atoms with Crippen LogP contribution in [0.3, 0.4) is 0 Å². The summed E-state index contributed by atoms with van der Waals surface area (Å²) in [5, 5.41) is 11.1. The Hall–Kier alpha value is -1.45. The molecular formula is C16H18O2S. The maximum absolute atomic E-state index is 11.4. The molecule has 1 N–H and O–H groups in total. The first-order valence-electron chi connectivity index (χ1n) is 6.26. The van der Waals surface area contributed by atoms with Crippen LogP contribution < -0.4 is 0 Å². The third kappa shape index (κ3) is 3.31. The van der Waals surface area contributed by atoms with Crippen molar-refractivity contribution < 1.29 is 9.32 Å². The average Bonchev–Trinajstić information content (AvgIpc) is 2.46. The highest BCUT2D eigenvalue weighted by atomic mass is 32.2. The molecule has 100 valence electrons. The van der Waals surface area contributed by atoms with Gasteiger partial charge in [-0.2, -0.15) is 0 Å². The standard InChI is InChI=1S/C16H18O2S/c1-19(18)13-12-16(17,14-8-4-2-5-9-14)15-10-6-3-7-11-15/h2-11,17H,12-13H2,1H3/t19-/m1/s1. The topological polar surface area (TPSA) is 37.3 Å². The predicted octanol–water partition coefficient (Wildman–Crippen LogP) is 2.69. The van der Waals surface area contributed by atoms with E-state index < -0.39 is 16.4 Å². The highest BCUT2D eigenvalue weighted by Crippen LogP contribution is 2.32. The van der Waals surface area contributed by atoms with Crippen molar-refractivity contribution >= 4 is 10.8 Å². The van der Waals surface area contributed by atoms with E-state index in [1.54, 1.807) is 6.26 Å². The Morgan fingerprint density at radius 2 is 1.37 bits per heavy atom. The highest BCUT2D eigenvalue weighted by molar-refractivity contribution is 7.84. The summed E-state index contributed by atoms with van der Waals surface area (Å²) in [4.78, 5) is 0. The molecule has 0 bridgehead atoms. The maximum atomic E-state index is 11.4. The monoisotopic (exact) mass is 274 g/mol. The molecule has 0 aromatic heterocycles. The van der Waals surface area contributed by atoms with Gasteiger partial charge in [-0.05, 0) is 17.5 Å². The van der Waals surface area contributed by atoms with Gasteiger partial charge in [-0.15, -0.1) is 0 Å². The molecule has 0 aliphatic heterocycles. The van der Waals surface area contributed by atoms with Gasteiger partial charge < -0.3 is 5.11 Å². The van der Waals surface area contributed by atoms with Crippen LogP contribution in [0.5, 0.6) is 0 Å². The summed E-state index contributed by atoms with van der Waals surface area (Å²) in [6, 6.07) is 19.1. The SMILES string of the molecule is C[S@@](=O)CCC(O)(c1ccccc1)c1ccccc1. The van der Waals surface area contributed by atoms with Gasteiger partial charge >= 0.3 is 0 Å². The molecule has 2 nitrogen and oxygen atoms in total. The molecule has 0 spiro atoms. The fourth-order valence-electron chi connectivity index (χ4n) is 2.17. The Morgan fingerprint density at radius 3 is 1.74 bits per heavy atom. The van der Waals surface area contributed by atoms with Gasteiger partial charge in [-0.25, -0.2) is 0 Å². The smallest absolute Gasteiger partial charge is 0.115 e. The van der Waals surface area contributed by atoms with E-state index in [1.165, 1.54) is 0 Å². The van der Waals surface area contributed by atoms with Crippen LogP contribution in [-0.2, 0) is 16.4 Å². The molecule has 2 aromatic rings. The van der Waals surface area contributed by atoms with Crippen molar-refractivity contribution in [1.82, 2.24) is 0 Å². The molecule has 0 unspecified atom stereocenters. The molecule has 0 saturated heterocycles. The molecule has 0 amide bonds. The molecule has 0 radical (unpaired) electrons. The van der Waals surface area contributed by atoms with Crippen LogP contribution in [0.15, 0.2) is 60.7 Å². The second kappa shape index (κ2) is 6.13. The molecule has 3 heteroatoms. The number of benzene rings is 2. The van der Waals surface area contributed by atoms with Gasteiger partial charge in [0.25, 0.3) is 0 Å². The summed E-state index contributed by atoms with van der Waals surface area (Å²) >= 11 is 0. The van der Waals surface area contributed by atoms with Gasteiger partial charge in [0, 0.05) is 22.8 Å². The molecule has 2 rings (SSSR count).